The first-order valence-corrected chi connectivity index (χ1v) is 7.74. The van der Waals surface area contributed by atoms with Gasteiger partial charge in [-0.15, -0.1) is 0 Å². The zero-order chi connectivity index (χ0) is 14.2. The second-order valence-corrected chi connectivity index (χ2v) is 6.55. The molecule has 0 aliphatic carbocycles. The molecule has 0 spiro atoms. The van der Waals surface area contributed by atoms with E-state index < -0.39 is 0 Å². The summed E-state index contributed by atoms with van der Waals surface area (Å²) in [7, 11) is 0. The van der Waals surface area contributed by atoms with Gasteiger partial charge in [-0.2, -0.15) is 0 Å². The molecular weight excluding hydrogens is 248 g/mol. The highest BCUT2D eigenvalue weighted by molar-refractivity contribution is 5.87. The second kappa shape index (κ2) is 5.12. The zero-order valence-corrected chi connectivity index (χ0v) is 12.5. The molecule has 0 bridgehead atoms. The Morgan fingerprint density at radius 1 is 1.35 bits per heavy atom. The van der Waals surface area contributed by atoms with Crippen molar-refractivity contribution in [1.29, 1.82) is 0 Å². The standard InChI is InChI=1S/C17H24N2O/c1-3-17(2)8-10-19(11-9-17)16(20)15-12-13-6-4-5-7-14(13)18-15/h4-7,15,18H,3,8-12H2,1-2H3. The van der Waals surface area contributed by atoms with E-state index in [4.69, 9.17) is 0 Å². The van der Waals surface area contributed by atoms with Gasteiger partial charge in [0.05, 0.1) is 0 Å². The van der Waals surface area contributed by atoms with Gasteiger partial charge < -0.3 is 10.2 Å². The summed E-state index contributed by atoms with van der Waals surface area (Å²) in [6, 6.07) is 8.18. The molecule has 20 heavy (non-hydrogen) atoms. The Morgan fingerprint density at radius 3 is 2.70 bits per heavy atom. The van der Waals surface area contributed by atoms with Crippen LogP contribution in [0.2, 0.25) is 0 Å². The van der Waals surface area contributed by atoms with Crippen molar-refractivity contribution in [3.63, 3.8) is 0 Å². The lowest BCUT2D eigenvalue weighted by Crippen LogP contribution is -2.47. The average molecular weight is 272 g/mol. The highest BCUT2D eigenvalue weighted by Crippen LogP contribution is 2.35. The molecule has 0 saturated carbocycles. The minimum Gasteiger partial charge on any atom is -0.373 e. The normalized spacial score (nSPS) is 24.1. The number of hydrogen-bond acceptors (Lipinski definition) is 2. The number of likely N-dealkylation sites (tertiary alicyclic amines) is 1. The number of carbonyl (C=O) groups excluding carboxylic acids is 1. The maximum atomic E-state index is 12.6. The first-order chi connectivity index (χ1) is 9.61. The summed E-state index contributed by atoms with van der Waals surface area (Å²) in [5, 5.41) is 3.38. The van der Waals surface area contributed by atoms with E-state index >= 15 is 0 Å². The van der Waals surface area contributed by atoms with Crippen LogP contribution in [0.3, 0.4) is 0 Å². The van der Waals surface area contributed by atoms with Crippen LogP contribution in [0.15, 0.2) is 24.3 Å². The molecular formula is C17H24N2O. The van der Waals surface area contributed by atoms with E-state index in [0.717, 1.165) is 38.0 Å². The largest absolute Gasteiger partial charge is 0.373 e. The maximum absolute atomic E-state index is 12.6. The lowest BCUT2D eigenvalue weighted by atomic mass is 9.78. The van der Waals surface area contributed by atoms with E-state index in [1.54, 1.807) is 0 Å². The SMILES string of the molecule is CCC1(C)CCN(C(=O)C2Cc3ccccc3N2)CC1. The predicted molar refractivity (Wildman–Crippen MR) is 81.8 cm³/mol. The fourth-order valence-corrected chi connectivity index (χ4v) is 3.29. The molecule has 1 saturated heterocycles. The third-order valence-corrected chi connectivity index (χ3v) is 5.21. The van der Waals surface area contributed by atoms with Crippen LogP contribution in [0.4, 0.5) is 5.69 Å². The summed E-state index contributed by atoms with van der Waals surface area (Å²) >= 11 is 0. The molecule has 1 atom stereocenters. The van der Waals surface area contributed by atoms with Crippen molar-refractivity contribution in [2.24, 2.45) is 5.41 Å². The number of nitrogens with one attached hydrogen (secondary N) is 1. The topological polar surface area (TPSA) is 32.3 Å². The van der Waals surface area contributed by atoms with Crippen molar-refractivity contribution < 1.29 is 4.79 Å². The maximum Gasteiger partial charge on any atom is 0.245 e. The van der Waals surface area contributed by atoms with Gasteiger partial charge in [0, 0.05) is 25.2 Å². The Kier molecular flexibility index (Phi) is 3.45. The van der Waals surface area contributed by atoms with Gasteiger partial charge in [-0.25, -0.2) is 0 Å². The molecule has 0 aromatic heterocycles. The number of anilines is 1. The number of piperidine rings is 1. The lowest BCUT2D eigenvalue weighted by Gasteiger charge is -2.39. The highest BCUT2D eigenvalue weighted by atomic mass is 16.2. The van der Waals surface area contributed by atoms with E-state index in [1.807, 2.05) is 12.1 Å². The smallest absolute Gasteiger partial charge is 0.245 e. The van der Waals surface area contributed by atoms with Crippen molar-refractivity contribution >= 4 is 11.6 Å². The fraction of sp³-hybridized carbons (Fsp3) is 0.588. The molecule has 1 fully saturated rings. The molecule has 3 heteroatoms. The van der Waals surface area contributed by atoms with E-state index in [-0.39, 0.29) is 11.9 Å². The summed E-state index contributed by atoms with van der Waals surface area (Å²) < 4.78 is 0. The Bertz CT molecular complexity index is 478. The molecule has 1 amide bonds. The van der Waals surface area contributed by atoms with Gasteiger partial charge in [0.2, 0.25) is 5.91 Å². The van der Waals surface area contributed by atoms with Crippen molar-refractivity contribution in [2.45, 2.75) is 45.6 Å². The van der Waals surface area contributed by atoms with E-state index in [0.29, 0.717) is 5.41 Å². The van der Waals surface area contributed by atoms with E-state index in [2.05, 4.69) is 36.2 Å². The third kappa shape index (κ3) is 2.41. The molecule has 2 aliphatic heterocycles. The lowest BCUT2D eigenvalue weighted by molar-refractivity contribution is -0.134. The summed E-state index contributed by atoms with van der Waals surface area (Å²) in [6.45, 7) is 6.43. The van der Waals surface area contributed by atoms with E-state index in [9.17, 15) is 4.79 Å². The summed E-state index contributed by atoms with van der Waals surface area (Å²) in [6.07, 6.45) is 4.31. The number of benzene rings is 1. The minimum atomic E-state index is -0.0571. The van der Waals surface area contributed by atoms with Gasteiger partial charge in [-0.3, -0.25) is 4.79 Å². The van der Waals surface area contributed by atoms with Gasteiger partial charge in [-0.1, -0.05) is 38.5 Å². The molecule has 3 rings (SSSR count). The fourth-order valence-electron chi connectivity index (χ4n) is 3.29. The summed E-state index contributed by atoms with van der Waals surface area (Å²) in [5.41, 5.74) is 2.82. The Morgan fingerprint density at radius 2 is 2.05 bits per heavy atom. The Hall–Kier alpha value is -1.51. The van der Waals surface area contributed by atoms with Gasteiger partial charge >= 0.3 is 0 Å². The average Bonchev–Trinajstić information content (AvgIpc) is 2.91. The Balaban J connectivity index is 1.62. The summed E-state index contributed by atoms with van der Waals surface area (Å²) in [4.78, 5) is 14.7. The number of nitrogens with zero attached hydrogens (tertiary/aromatic N) is 1. The Labute approximate surface area is 121 Å². The highest BCUT2D eigenvalue weighted by Gasteiger charge is 2.34. The monoisotopic (exact) mass is 272 g/mol. The van der Waals surface area contributed by atoms with Crippen molar-refractivity contribution in [3.8, 4) is 0 Å². The van der Waals surface area contributed by atoms with Crippen LogP contribution >= 0.6 is 0 Å². The third-order valence-electron chi connectivity index (χ3n) is 5.21. The van der Waals surface area contributed by atoms with Crippen molar-refractivity contribution in [1.82, 2.24) is 4.90 Å². The zero-order valence-electron chi connectivity index (χ0n) is 12.5. The van der Waals surface area contributed by atoms with Crippen LogP contribution in [0.1, 0.15) is 38.7 Å². The molecule has 2 aliphatic rings. The molecule has 1 unspecified atom stereocenters. The van der Waals surface area contributed by atoms with Gasteiger partial charge in [0.25, 0.3) is 0 Å². The molecule has 108 valence electrons. The number of hydrogen-bond donors (Lipinski definition) is 1. The van der Waals surface area contributed by atoms with Crippen LogP contribution in [0.5, 0.6) is 0 Å². The van der Waals surface area contributed by atoms with Crippen LogP contribution in [0.25, 0.3) is 0 Å². The summed E-state index contributed by atoms with van der Waals surface area (Å²) in [5.74, 6) is 0.277. The van der Waals surface area contributed by atoms with E-state index in [1.165, 1.54) is 12.0 Å². The molecule has 3 nitrogen and oxygen atoms in total. The molecule has 0 radical (unpaired) electrons. The first-order valence-electron chi connectivity index (χ1n) is 7.74. The van der Waals surface area contributed by atoms with Crippen LogP contribution < -0.4 is 5.32 Å². The first kappa shape index (κ1) is 13.5. The van der Waals surface area contributed by atoms with Crippen molar-refractivity contribution in [2.75, 3.05) is 18.4 Å². The second-order valence-electron chi connectivity index (χ2n) is 6.55. The molecule has 1 aromatic carbocycles. The minimum absolute atomic E-state index is 0.0571. The number of amides is 1. The number of para-hydroxylation sites is 1. The van der Waals surface area contributed by atoms with Crippen molar-refractivity contribution in [3.05, 3.63) is 29.8 Å². The number of carbonyl (C=O) groups is 1. The van der Waals surface area contributed by atoms with Gasteiger partial charge in [0.1, 0.15) is 6.04 Å². The van der Waals surface area contributed by atoms with Gasteiger partial charge in [0.15, 0.2) is 0 Å². The molecule has 1 aromatic rings. The van der Waals surface area contributed by atoms with Gasteiger partial charge in [-0.05, 0) is 29.9 Å². The van der Waals surface area contributed by atoms with Crippen LogP contribution in [-0.4, -0.2) is 29.9 Å². The molecule has 1 N–H and O–H groups in total. The van der Waals surface area contributed by atoms with Crippen LogP contribution in [-0.2, 0) is 11.2 Å². The number of rotatable bonds is 2. The number of fused-ring (bicyclic) bond motifs is 1. The predicted octanol–water partition coefficient (Wildman–Crippen LogP) is 3.06. The molecule has 2 heterocycles. The van der Waals surface area contributed by atoms with Crippen LogP contribution in [0, 0.1) is 5.41 Å². The quantitative estimate of drug-likeness (QED) is 0.897.